The zero-order chi connectivity index (χ0) is 13.7. The third-order valence-electron chi connectivity index (χ3n) is 3.60. The predicted molar refractivity (Wildman–Crippen MR) is 66.0 cm³/mol. The van der Waals surface area contributed by atoms with E-state index in [9.17, 15) is 24.3 Å². The number of hydrogen-bond acceptors (Lipinski definition) is 2. The van der Waals surface area contributed by atoms with Crippen LogP contribution in [0.4, 0.5) is 0 Å². The highest BCUT2D eigenvalue weighted by molar-refractivity contribution is 7.53. The molecular weight excluding hydrogens is 243 g/mol. The van der Waals surface area contributed by atoms with E-state index in [0.717, 1.165) is 6.42 Å². The smallest absolute Gasteiger partial charge is 0.332 e. The quantitative estimate of drug-likeness (QED) is 0.587. The van der Waals surface area contributed by atoms with E-state index in [4.69, 9.17) is 0 Å². The van der Waals surface area contributed by atoms with Gasteiger partial charge in [0.1, 0.15) is 0 Å². The van der Waals surface area contributed by atoms with Gasteiger partial charge < -0.3 is 14.9 Å². The van der Waals surface area contributed by atoms with Crippen LogP contribution in [0.2, 0.25) is 0 Å². The predicted octanol–water partition coefficient (Wildman–Crippen LogP) is 2.61. The molecule has 5 nitrogen and oxygen atoms in total. The average Bonchev–Trinajstić information content (AvgIpc) is 2.22. The van der Waals surface area contributed by atoms with Crippen LogP contribution in [0.25, 0.3) is 0 Å². The Labute approximate surface area is 102 Å². The summed E-state index contributed by atoms with van der Waals surface area (Å²) >= 11 is 0. The first-order valence-electron chi connectivity index (χ1n) is 6.05. The first kappa shape index (κ1) is 16.6. The number of carboxylic acids is 1. The van der Waals surface area contributed by atoms with Crippen LogP contribution in [0.1, 0.15) is 52.9 Å². The Morgan fingerprint density at radius 1 is 1.24 bits per heavy atom. The summed E-state index contributed by atoms with van der Waals surface area (Å²) in [5.41, 5.74) is 0. The van der Waals surface area contributed by atoms with Gasteiger partial charge in [0.05, 0.1) is 11.1 Å². The lowest BCUT2D eigenvalue weighted by Gasteiger charge is -2.37. The van der Waals surface area contributed by atoms with Gasteiger partial charge in [-0.15, -0.1) is 0 Å². The highest BCUT2D eigenvalue weighted by Gasteiger charge is 2.52. The zero-order valence-corrected chi connectivity index (χ0v) is 11.6. The van der Waals surface area contributed by atoms with Crippen molar-refractivity contribution in [2.24, 2.45) is 5.92 Å². The van der Waals surface area contributed by atoms with Gasteiger partial charge in [-0.25, -0.2) is 0 Å². The average molecular weight is 266 g/mol. The minimum Gasteiger partial charge on any atom is -0.481 e. The van der Waals surface area contributed by atoms with Gasteiger partial charge in [0.25, 0.3) is 0 Å². The number of unbranched alkanes of at least 4 members (excludes halogenated alkanes) is 1. The Kier molecular flexibility index (Phi) is 6.38. The van der Waals surface area contributed by atoms with Gasteiger partial charge in [-0.05, 0) is 19.3 Å². The fraction of sp³-hybridized carbons (Fsp3) is 0.909. The topological polar surface area (TPSA) is 94.8 Å². The highest BCUT2D eigenvalue weighted by atomic mass is 31.2. The van der Waals surface area contributed by atoms with E-state index in [1.165, 1.54) is 0 Å². The van der Waals surface area contributed by atoms with Gasteiger partial charge in [0, 0.05) is 0 Å². The molecule has 102 valence electrons. The van der Waals surface area contributed by atoms with Crippen molar-refractivity contribution in [3.05, 3.63) is 0 Å². The fourth-order valence-electron chi connectivity index (χ4n) is 2.39. The van der Waals surface area contributed by atoms with Crippen molar-refractivity contribution in [2.75, 3.05) is 0 Å². The molecule has 0 saturated carbocycles. The van der Waals surface area contributed by atoms with Gasteiger partial charge >= 0.3 is 13.6 Å². The van der Waals surface area contributed by atoms with Crippen molar-refractivity contribution in [2.45, 2.75) is 58.0 Å². The van der Waals surface area contributed by atoms with Crippen LogP contribution in [-0.2, 0) is 9.36 Å². The van der Waals surface area contributed by atoms with Crippen LogP contribution in [0.15, 0.2) is 0 Å². The van der Waals surface area contributed by atoms with E-state index in [1.54, 1.807) is 13.8 Å². The van der Waals surface area contributed by atoms with E-state index in [0.29, 0.717) is 12.8 Å². The molecule has 0 aromatic carbocycles. The van der Waals surface area contributed by atoms with Gasteiger partial charge in [-0.1, -0.05) is 33.6 Å². The molecule has 3 N–H and O–H groups in total. The van der Waals surface area contributed by atoms with Gasteiger partial charge in [-0.3, -0.25) is 9.36 Å². The lowest BCUT2D eigenvalue weighted by molar-refractivity contribution is -0.143. The minimum atomic E-state index is -4.44. The number of carbonyl (C=O) groups is 1. The molecule has 0 rings (SSSR count). The molecule has 1 atom stereocenters. The van der Waals surface area contributed by atoms with Gasteiger partial charge in [-0.2, -0.15) is 0 Å². The molecule has 0 aliphatic rings. The number of carboxylic acid groups (broad SMARTS) is 1. The molecule has 0 aromatic heterocycles. The second kappa shape index (κ2) is 6.53. The molecule has 0 spiro atoms. The number of hydrogen-bond donors (Lipinski definition) is 3. The summed E-state index contributed by atoms with van der Waals surface area (Å²) in [5, 5.41) is 7.80. The van der Waals surface area contributed by atoms with Crippen LogP contribution < -0.4 is 0 Å². The van der Waals surface area contributed by atoms with Crippen molar-refractivity contribution < 1.29 is 24.3 Å². The van der Waals surface area contributed by atoms with Crippen LogP contribution in [0.5, 0.6) is 0 Å². The van der Waals surface area contributed by atoms with E-state index < -0.39 is 24.6 Å². The maximum Gasteiger partial charge on any atom is 0.332 e. The summed E-state index contributed by atoms with van der Waals surface area (Å²) in [6.45, 7) is 5.21. The maximum atomic E-state index is 11.7. The first-order chi connectivity index (χ1) is 7.76. The van der Waals surface area contributed by atoms with Gasteiger partial charge in [0.15, 0.2) is 0 Å². The highest BCUT2D eigenvalue weighted by Crippen LogP contribution is 2.59. The molecule has 0 radical (unpaired) electrons. The molecule has 0 aromatic rings. The molecule has 6 heteroatoms. The summed E-state index contributed by atoms with van der Waals surface area (Å²) < 4.78 is 11.7. The minimum absolute atomic E-state index is 0.175. The number of aliphatic carboxylic acids is 1. The van der Waals surface area contributed by atoms with Crippen molar-refractivity contribution in [1.29, 1.82) is 0 Å². The molecule has 17 heavy (non-hydrogen) atoms. The largest absolute Gasteiger partial charge is 0.481 e. The lowest BCUT2D eigenvalue weighted by Crippen LogP contribution is -2.41. The van der Waals surface area contributed by atoms with Gasteiger partial charge in [0.2, 0.25) is 0 Å². The van der Waals surface area contributed by atoms with E-state index in [1.807, 2.05) is 6.92 Å². The van der Waals surface area contributed by atoms with Crippen molar-refractivity contribution in [3.8, 4) is 0 Å². The summed E-state index contributed by atoms with van der Waals surface area (Å²) in [7, 11) is -4.44. The Hall–Kier alpha value is -0.380. The summed E-state index contributed by atoms with van der Waals surface area (Å²) in [6, 6.07) is 0. The Balaban J connectivity index is 5.37. The molecule has 1 unspecified atom stereocenters. The monoisotopic (exact) mass is 266 g/mol. The maximum absolute atomic E-state index is 11.7. The molecule has 0 aliphatic carbocycles. The van der Waals surface area contributed by atoms with Crippen LogP contribution in [0, 0.1) is 5.92 Å². The van der Waals surface area contributed by atoms with Crippen LogP contribution in [0.3, 0.4) is 0 Å². The molecular formula is C11H23O5P. The van der Waals surface area contributed by atoms with Crippen molar-refractivity contribution in [1.82, 2.24) is 0 Å². The summed E-state index contributed by atoms with van der Waals surface area (Å²) in [4.78, 5) is 30.3. The third kappa shape index (κ3) is 3.54. The second-order valence-corrected chi connectivity index (χ2v) is 6.37. The van der Waals surface area contributed by atoms with E-state index >= 15 is 0 Å². The molecule has 0 heterocycles. The fourth-order valence-corrected chi connectivity index (χ4v) is 3.86. The van der Waals surface area contributed by atoms with Crippen molar-refractivity contribution in [3.63, 3.8) is 0 Å². The molecule has 0 bridgehead atoms. The number of rotatable bonds is 8. The molecule has 0 saturated heterocycles. The lowest BCUT2D eigenvalue weighted by atomic mass is 9.83. The van der Waals surface area contributed by atoms with E-state index in [2.05, 4.69) is 0 Å². The standard InChI is InChI=1S/C11H23O5P/c1-4-7-8-9(10(12)13)11(5-2,6-3)17(14,15)16/h9H,4-8H2,1-3H3,(H,12,13)(H2,14,15,16). The Morgan fingerprint density at radius 2 is 1.71 bits per heavy atom. The van der Waals surface area contributed by atoms with E-state index in [-0.39, 0.29) is 12.8 Å². The first-order valence-corrected chi connectivity index (χ1v) is 7.66. The van der Waals surface area contributed by atoms with Crippen LogP contribution >= 0.6 is 7.60 Å². The second-order valence-electron chi connectivity index (χ2n) is 4.39. The molecule has 0 fully saturated rings. The Bertz CT molecular complexity index is 292. The summed E-state index contributed by atoms with van der Waals surface area (Å²) in [5.74, 6) is -2.08. The van der Waals surface area contributed by atoms with Crippen LogP contribution in [-0.4, -0.2) is 26.0 Å². The summed E-state index contributed by atoms with van der Waals surface area (Å²) in [6.07, 6.45) is 2.15. The third-order valence-corrected chi connectivity index (χ3v) is 5.70. The van der Waals surface area contributed by atoms with Crippen molar-refractivity contribution >= 4 is 13.6 Å². The zero-order valence-electron chi connectivity index (χ0n) is 10.7. The molecule has 0 amide bonds. The normalized spacial score (nSPS) is 14.6. The SMILES string of the molecule is CCCCC(C(=O)O)C(CC)(CC)P(=O)(O)O. The molecule has 0 aliphatic heterocycles. The Morgan fingerprint density at radius 3 is 1.94 bits per heavy atom.